The van der Waals surface area contributed by atoms with Gasteiger partial charge in [-0.25, -0.2) is 23.4 Å². The van der Waals surface area contributed by atoms with Crippen molar-refractivity contribution in [2.24, 2.45) is 5.92 Å². The van der Waals surface area contributed by atoms with Crippen molar-refractivity contribution in [3.8, 4) is 0 Å². The Morgan fingerprint density at radius 2 is 1.97 bits per heavy atom. The zero-order valence-electron chi connectivity index (χ0n) is 19.1. The Bertz CT molecular complexity index is 1550. The van der Waals surface area contributed by atoms with E-state index in [4.69, 9.17) is 17.3 Å². The summed E-state index contributed by atoms with van der Waals surface area (Å²) in [7, 11) is -4.02. The van der Waals surface area contributed by atoms with Gasteiger partial charge in [0.1, 0.15) is 12.1 Å². The van der Waals surface area contributed by atoms with Crippen LogP contribution in [-0.2, 0) is 21.4 Å². The SMILES string of the molecule is CC(C)[C@H]1CN(S(=O)(=O)c2nc3ccc(Cl)cc3[nH]2)CC(=O)N1Cc1ccc2c(N)ncnc2c1. The summed E-state index contributed by atoms with van der Waals surface area (Å²) in [6.07, 6.45) is 1.40. The average Bonchev–Trinajstić information content (AvgIpc) is 3.24. The summed E-state index contributed by atoms with van der Waals surface area (Å²) in [4.78, 5) is 30.3. The van der Waals surface area contributed by atoms with Gasteiger partial charge in [-0.1, -0.05) is 31.5 Å². The van der Waals surface area contributed by atoms with Crippen LogP contribution in [0, 0.1) is 5.92 Å². The lowest BCUT2D eigenvalue weighted by molar-refractivity contribution is -0.139. The van der Waals surface area contributed by atoms with Gasteiger partial charge in [-0.15, -0.1) is 0 Å². The van der Waals surface area contributed by atoms with Crippen molar-refractivity contribution >= 4 is 55.3 Å². The third-order valence-corrected chi connectivity index (χ3v) is 8.16. The number of hydrogen-bond donors (Lipinski definition) is 2. The molecule has 0 bridgehead atoms. The van der Waals surface area contributed by atoms with E-state index in [1.54, 1.807) is 23.1 Å². The van der Waals surface area contributed by atoms with E-state index < -0.39 is 10.0 Å². The first-order valence-electron chi connectivity index (χ1n) is 11.1. The fraction of sp³-hybridized carbons (Fsp3) is 0.304. The van der Waals surface area contributed by atoms with Crippen molar-refractivity contribution in [3.63, 3.8) is 0 Å². The number of anilines is 1. The molecule has 1 fully saturated rings. The molecule has 182 valence electrons. The number of sulfonamides is 1. The topological polar surface area (TPSA) is 138 Å². The van der Waals surface area contributed by atoms with Crippen LogP contribution in [0.15, 0.2) is 47.9 Å². The van der Waals surface area contributed by atoms with E-state index in [2.05, 4.69) is 19.9 Å². The second-order valence-corrected chi connectivity index (χ2v) is 11.2. The average molecular weight is 514 g/mol. The lowest BCUT2D eigenvalue weighted by Gasteiger charge is -2.42. The fourth-order valence-corrected chi connectivity index (χ4v) is 5.88. The normalized spacial score (nSPS) is 17.7. The number of piperazine rings is 1. The van der Waals surface area contributed by atoms with Crippen molar-refractivity contribution in [1.29, 1.82) is 0 Å². The first kappa shape index (κ1) is 23.5. The first-order valence-corrected chi connectivity index (χ1v) is 12.9. The number of aromatic nitrogens is 4. The largest absolute Gasteiger partial charge is 0.383 e. The number of fused-ring (bicyclic) bond motifs is 2. The molecule has 35 heavy (non-hydrogen) atoms. The Labute approximate surface area is 207 Å². The molecule has 4 aromatic rings. The lowest BCUT2D eigenvalue weighted by atomic mass is 9.99. The maximum atomic E-state index is 13.4. The van der Waals surface area contributed by atoms with E-state index in [1.807, 2.05) is 32.0 Å². The minimum Gasteiger partial charge on any atom is -0.383 e. The molecule has 1 amide bonds. The smallest absolute Gasteiger partial charge is 0.277 e. The number of carbonyl (C=O) groups excluding carboxylic acids is 1. The third kappa shape index (κ3) is 4.30. The first-order chi connectivity index (χ1) is 16.6. The molecule has 2 aromatic heterocycles. The molecule has 3 heterocycles. The number of H-pyrrole nitrogens is 1. The van der Waals surface area contributed by atoms with Gasteiger partial charge < -0.3 is 15.6 Å². The molecular weight excluding hydrogens is 490 g/mol. The van der Waals surface area contributed by atoms with Crippen LogP contribution >= 0.6 is 11.6 Å². The molecule has 2 aromatic carbocycles. The minimum atomic E-state index is -4.02. The molecule has 1 aliphatic rings. The van der Waals surface area contributed by atoms with Crippen molar-refractivity contribution in [2.45, 2.75) is 31.6 Å². The van der Waals surface area contributed by atoms with Gasteiger partial charge in [0, 0.05) is 29.5 Å². The highest BCUT2D eigenvalue weighted by atomic mass is 35.5. The third-order valence-electron chi connectivity index (χ3n) is 6.28. The summed E-state index contributed by atoms with van der Waals surface area (Å²) in [6.45, 7) is 4.16. The Kier molecular flexibility index (Phi) is 5.86. The summed E-state index contributed by atoms with van der Waals surface area (Å²) >= 11 is 6.02. The highest BCUT2D eigenvalue weighted by Crippen LogP contribution is 2.27. The van der Waals surface area contributed by atoms with Gasteiger partial charge in [-0.3, -0.25) is 4.79 Å². The van der Waals surface area contributed by atoms with Crippen LogP contribution < -0.4 is 5.73 Å². The van der Waals surface area contributed by atoms with Crippen molar-refractivity contribution in [1.82, 2.24) is 29.1 Å². The Morgan fingerprint density at radius 3 is 2.74 bits per heavy atom. The Balaban J connectivity index is 1.42. The number of nitrogens with zero attached hydrogens (tertiary/aromatic N) is 5. The second-order valence-electron chi connectivity index (χ2n) is 8.94. The molecule has 0 aliphatic carbocycles. The van der Waals surface area contributed by atoms with E-state index in [0.29, 0.717) is 33.9 Å². The molecule has 3 N–H and O–H groups in total. The van der Waals surface area contributed by atoms with Crippen LogP contribution in [0.2, 0.25) is 5.02 Å². The maximum absolute atomic E-state index is 13.4. The number of carbonyl (C=O) groups is 1. The molecule has 1 atom stereocenters. The van der Waals surface area contributed by atoms with E-state index in [1.165, 1.54) is 10.6 Å². The Hall–Kier alpha value is -3.28. The molecule has 0 spiro atoms. The van der Waals surface area contributed by atoms with Crippen molar-refractivity contribution in [3.05, 3.63) is 53.3 Å². The summed E-state index contributed by atoms with van der Waals surface area (Å²) in [5.41, 5.74) is 8.48. The molecular formula is C23H24ClN7O3S. The number of nitrogens with one attached hydrogen (secondary N) is 1. The second kappa shape index (κ2) is 8.74. The van der Waals surface area contributed by atoms with Crippen LogP contribution in [0.5, 0.6) is 0 Å². The molecule has 1 saturated heterocycles. The predicted molar refractivity (Wildman–Crippen MR) is 133 cm³/mol. The number of hydrogen-bond acceptors (Lipinski definition) is 7. The molecule has 1 aliphatic heterocycles. The highest BCUT2D eigenvalue weighted by Gasteiger charge is 2.40. The minimum absolute atomic E-state index is 0.0184. The number of halogens is 1. The summed E-state index contributed by atoms with van der Waals surface area (Å²) < 4.78 is 28.0. The summed E-state index contributed by atoms with van der Waals surface area (Å²) in [5.74, 6) is 0.134. The molecule has 0 radical (unpaired) electrons. The number of rotatable bonds is 5. The van der Waals surface area contributed by atoms with Gasteiger partial charge in [-0.05, 0) is 41.8 Å². The molecule has 10 nitrogen and oxygen atoms in total. The van der Waals surface area contributed by atoms with Crippen LogP contribution in [0.3, 0.4) is 0 Å². The van der Waals surface area contributed by atoms with Gasteiger partial charge in [0.25, 0.3) is 10.0 Å². The monoisotopic (exact) mass is 513 g/mol. The van der Waals surface area contributed by atoms with Crippen LogP contribution in [0.1, 0.15) is 19.4 Å². The van der Waals surface area contributed by atoms with Gasteiger partial charge in [0.2, 0.25) is 11.1 Å². The number of aromatic amines is 1. The van der Waals surface area contributed by atoms with Gasteiger partial charge in [-0.2, -0.15) is 4.31 Å². The highest BCUT2D eigenvalue weighted by molar-refractivity contribution is 7.89. The number of amides is 1. The summed E-state index contributed by atoms with van der Waals surface area (Å²) in [5, 5.41) is 1.01. The zero-order chi connectivity index (χ0) is 24.9. The number of nitrogens with two attached hydrogens (primary N) is 1. The van der Waals surface area contributed by atoms with Crippen molar-refractivity contribution < 1.29 is 13.2 Å². The number of nitrogen functional groups attached to an aromatic ring is 1. The number of benzene rings is 2. The van der Waals surface area contributed by atoms with Crippen molar-refractivity contribution in [2.75, 3.05) is 18.8 Å². The Morgan fingerprint density at radius 1 is 1.17 bits per heavy atom. The lowest BCUT2D eigenvalue weighted by Crippen LogP contribution is -2.59. The zero-order valence-corrected chi connectivity index (χ0v) is 20.7. The van der Waals surface area contributed by atoms with Crippen LogP contribution in [-0.4, -0.2) is 62.6 Å². The van der Waals surface area contributed by atoms with E-state index in [0.717, 1.165) is 10.9 Å². The van der Waals surface area contributed by atoms with Gasteiger partial charge >= 0.3 is 0 Å². The van der Waals surface area contributed by atoms with E-state index in [-0.39, 0.29) is 36.1 Å². The molecule has 12 heteroatoms. The molecule has 5 rings (SSSR count). The standard InChI is InChI=1S/C23H24ClN7O3S/c1-13(2)20-10-30(35(33,34)23-28-17-6-4-15(24)8-19(17)29-23)11-21(32)31(20)9-14-3-5-16-18(7-14)26-12-27-22(16)25/h3-8,12-13,20H,9-11H2,1-2H3,(H,28,29)(H2,25,26,27)/t20-/m1/s1. The molecule has 0 saturated carbocycles. The maximum Gasteiger partial charge on any atom is 0.277 e. The van der Waals surface area contributed by atoms with E-state index >= 15 is 0 Å². The molecule has 0 unspecified atom stereocenters. The van der Waals surface area contributed by atoms with E-state index in [9.17, 15) is 13.2 Å². The summed E-state index contributed by atoms with van der Waals surface area (Å²) in [6, 6.07) is 10.2. The number of imidazole rings is 1. The van der Waals surface area contributed by atoms with Crippen LogP contribution in [0.25, 0.3) is 21.9 Å². The van der Waals surface area contributed by atoms with Crippen LogP contribution in [0.4, 0.5) is 5.82 Å². The fourth-order valence-electron chi connectivity index (χ4n) is 4.38. The quantitative estimate of drug-likeness (QED) is 0.418. The predicted octanol–water partition coefficient (Wildman–Crippen LogP) is 2.80. The van der Waals surface area contributed by atoms with Gasteiger partial charge in [0.05, 0.1) is 23.1 Å². The van der Waals surface area contributed by atoms with Gasteiger partial charge in [0.15, 0.2) is 0 Å².